The van der Waals surface area contributed by atoms with Crippen LogP contribution in [0, 0.1) is 0 Å². The fraction of sp³-hybridized carbons (Fsp3) is 0.571. The van der Waals surface area contributed by atoms with E-state index >= 15 is 0 Å². The quantitative estimate of drug-likeness (QED) is 0.885. The molecule has 1 fully saturated rings. The van der Waals surface area contributed by atoms with Crippen LogP contribution in [-0.4, -0.2) is 38.0 Å². The number of benzene rings is 1. The average molecular weight is 299 g/mol. The lowest BCUT2D eigenvalue weighted by Crippen LogP contribution is -2.47. The third-order valence-corrected chi connectivity index (χ3v) is 5.49. The molecule has 2 N–H and O–H groups in total. The zero-order chi connectivity index (χ0) is 14.8. The summed E-state index contributed by atoms with van der Waals surface area (Å²) in [6.07, 6.45) is 0.760. The number of sulfonamides is 1. The number of nitrogens with one attached hydrogen (secondary N) is 1. The van der Waals surface area contributed by atoms with E-state index in [0.29, 0.717) is 13.2 Å². The zero-order valence-corrected chi connectivity index (χ0v) is 12.6. The molecule has 0 spiro atoms. The highest BCUT2D eigenvalue weighted by Crippen LogP contribution is 2.29. The van der Waals surface area contributed by atoms with Crippen LogP contribution < -0.4 is 4.72 Å². The minimum atomic E-state index is -3.33. The Labute approximate surface area is 120 Å². The molecular formula is C14H21NO4S. The minimum Gasteiger partial charge on any atom is -0.508 e. The number of rotatable bonds is 4. The Morgan fingerprint density at radius 2 is 1.95 bits per heavy atom. The normalized spacial score (nSPS) is 23.9. The van der Waals surface area contributed by atoms with E-state index in [1.807, 2.05) is 12.1 Å². The SMILES string of the molecule is CC(C)S(=O)(=O)N[C@@H]1COCC[C@H]1c1ccc(O)cc1. The van der Waals surface area contributed by atoms with Crippen molar-refractivity contribution in [3.8, 4) is 5.75 Å². The van der Waals surface area contributed by atoms with Crippen molar-refractivity contribution in [1.82, 2.24) is 4.72 Å². The van der Waals surface area contributed by atoms with Gasteiger partial charge in [0.25, 0.3) is 0 Å². The van der Waals surface area contributed by atoms with E-state index in [-0.39, 0.29) is 17.7 Å². The van der Waals surface area contributed by atoms with Gasteiger partial charge in [0.15, 0.2) is 0 Å². The molecule has 0 aromatic heterocycles. The van der Waals surface area contributed by atoms with Gasteiger partial charge < -0.3 is 9.84 Å². The van der Waals surface area contributed by atoms with E-state index in [1.165, 1.54) is 0 Å². The summed E-state index contributed by atoms with van der Waals surface area (Å²) in [6, 6.07) is 6.65. The van der Waals surface area contributed by atoms with Crippen molar-refractivity contribution < 1.29 is 18.3 Å². The molecule has 1 saturated heterocycles. The first-order chi connectivity index (χ1) is 9.40. The van der Waals surface area contributed by atoms with Crippen LogP contribution >= 0.6 is 0 Å². The Hall–Kier alpha value is -1.11. The molecule has 0 amide bonds. The molecule has 2 atom stereocenters. The second-order valence-electron chi connectivity index (χ2n) is 5.38. The lowest BCUT2D eigenvalue weighted by molar-refractivity contribution is 0.0644. The number of hydrogen-bond donors (Lipinski definition) is 2. The highest BCUT2D eigenvalue weighted by atomic mass is 32.2. The van der Waals surface area contributed by atoms with E-state index in [1.54, 1.807) is 26.0 Å². The topological polar surface area (TPSA) is 75.6 Å². The van der Waals surface area contributed by atoms with Gasteiger partial charge in [0.2, 0.25) is 10.0 Å². The van der Waals surface area contributed by atoms with Gasteiger partial charge >= 0.3 is 0 Å². The second kappa shape index (κ2) is 6.11. The molecule has 1 aliphatic rings. The van der Waals surface area contributed by atoms with Crippen molar-refractivity contribution in [1.29, 1.82) is 0 Å². The van der Waals surface area contributed by atoms with Crippen molar-refractivity contribution in [2.75, 3.05) is 13.2 Å². The van der Waals surface area contributed by atoms with Gasteiger partial charge in [0.1, 0.15) is 5.75 Å². The second-order valence-corrected chi connectivity index (χ2v) is 7.65. The molecule has 1 aromatic rings. The molecule has 1 aliphatic heterocycles. The number of hydrogen-bond acceptors (Lipinski definition) is 4. The van der Waals surface area contributed by atoms with Gasteiger partial charge in [-0.05, 0) is 38.0 Å². The van der Waals surface area contributed by atoms with Crippen LogP contribution in [0.2, 0.25) is 0 Å². The molecule has 1 heterocycles. The molecule has 5 nitrogen and oxygen atoms in total. The molecular weight excluding hydrogens is 278 g/mol. The molecule has 6 heteroatoms. The van der Waals surface area contributed by atoms with Gasteiger partial charge in [-0.3, -0.25) is 0 Å². The van der Waals surface area contributed by atoms with Crippen molar-refractivity contribution in [3.05, 3.63) is 29.8 Å². The van der Waals surface area contributed by atoms with Gasteiger partial charge in [-0.2, -0.15) is 0 Å². The smallest absolute Gasteiger partial charge is 0.214 e. The lowest BCUT2D eigenvalue weighted by atomic mass is 9.88. The largest absolute Gasteiger partial charge is 0.508 e. The fourth-order valence-corrected chi connectivity index (χ4v) is 3.25. The molecule has 0 saturated carbocycles. The van der Waals surface area contributed by atoms with Gasteiger partial charge in [0, 0.05) is 12.5 Å². The molecule has 112 valence electrons. The monoisotopic (exact) mass is 299 g/mol. The molecule has 20 heavy (non-hydrogen) atoms. The molecule has 0 unspecified atom stereocenters. The van der Waals surface area contributed by atoms with E-state index in [0.717, 1.165) is 12.0 Å². The molecule has 0 radical (unpaired) electrons. The number of phenolic OH excluding ortho intramolecular Hbond substituents is 1. The summed E-state index contributed by atoms with van der Waals surface area (Å²) in [5.41, 5.74) is 1.02. The minimum absolute atomic E-state index is 0.0675. The van der Waals surface area contributed by atoms with Crippen LogP contribution in [0.3, 0.4) is 0 Å². The maximum absolute atomic E-state index is 12.0. The summed E-state index contributed by atoms with van der Waals surface area (Å²) < 4.78 is 32.2. The van der Waals surface area contributed by atoms with E-state index in [4.69, 9.17) is 4.74 Å². The number of ether oxygens (including phenoxy) is 1. The Kier molecular flexibility index (Phi) is 4.67. The predicted molar refractivity (Wildman–Crippen MR) is 77.3 cm³/mol. The van der Waals surface area contributed by atoms with Gasteiger partial charge in [0.05, 0.1) is 17.9 Å². The van der Waals surface area contributed by atoms with E-state index in [9.17, 15) is 13.5 Å². The van der Waals surface area contributed by atoms with Crippen molar-refractivity contribution in [2.24, 2.45) is 0 Å². The third-order valence-electron chi connectivity index (χ3n) is 3.61. The summed E-state index contributed by atoms with van der Waals surface area (Å²) in [6.45, 7) is 4.30. The van der Waals surface area contributed by atoms with Crippen LogP contribution in [0.4, 0.5) is 0 Å². The van der Waals surface area contributed by atoms with Crippen LogP contribution in [0.15, 0.2) is 24.3 Å². The van der Waals surface area contributed by atoms with Crippen LogP contribution in [0.5, 0.6) is 5.75 Å². The van der Waals surface area contributed by atoms with Gasteiger partial charge in [-0.1, -0.05) is 12.1 Å². The summed E-state index contributed by atoms with van der Waals surface area (Å²) in [4.78, 5) is 0. The molecule has 0 bridgehead atoms. The number of aromatic hydroxyl groups is 1. The van der Waals surface area contributed by atoms with Crippen molar-refractivity contribution in [3.63, 3.8) is 0 Å². The van der Waals surface area contributed by atoms with Crippen LogP contribution in [0.25, 0.3) is 0 Å². The van der Waals surface area contributed by atoms with Crippen LogP contribution in [-0.2, 0) is 14.8 Å². The fourth-order valence-electron chi connectivity index (χ4n) is 2.32. The summed E-state index contributed by atoms with van der Waals surface area (Å²) in [7, 11) is -3.33. The lowest BCUT2D eigenvalue weighted by Gasteiger charge is -2.32. The maximum atomic E-state index is 12.0. The number of phenols is 1. The Morgan fingerprint density at radius 1 is 1.30 bits per heavy atom. The first-order valence-electron chi connectivity index (χ1n) is 6.78. The van der Waals surface area contributed by atoms with E-state index < -0.39 is 15.3 Å². The molecule has 1 aromatic carbocycles. The first-order valence-corrected chi connectivity index (χ1v) is 8.32. The zero-order valence-electron chi connectivity index (χ0n) is 11.7. The van der Waals surface area contributed by atoms with Gasteiger partial charge in [-0.25, -0.2) is 13.1 Å². The van der Waals surface area contributed by atoms with Crippen LogP contribution in [0.1, 0.15) is 31.7 Å². The Bertz CT molecular complexity index is 539. The van der Waals surface area contributed by atoms with E-state index in [2.05, 4.69) is 4.72 Å². The molecule has 2 rings (SSSR count). The Morgan fingerprint density at radius 3 is 2.55 bits per heavy atom. The van der Waals surface area contributed by atoms with Crippen molar-refractivity contribution in [2.45, 2.75) is 37.5 Å². The third kappa shape index (κ3) is 3.50. The maximum Gasteiger partial charge on any atom is 0.214 e. The van der Waals surface area contributed by atoms with Crippen molar-refractivity contribution >= 4 is 10.0 Å². The highest BCUT2D eigenvalue weighted by molar-refractivity contribution is 7.90. The Balaban J connectivity index is 2.19. The standard InChI is InChI=1S/C14H21NO4S/c1-10(2)20(17,18)15-14-9-19-8-7-13(14)11-3-5-12(16)6-4-11/h3-6,10,13-16H,7-9H2,1-2H3/t13-,14+/m0/s1. The highest BCUT2D eigenvalue weighted by Gasteiger charge is 2.31. The van der Waals surface area contributed by atoms with Gasteiger partial charge in [-0.15, -0.1) is 0 Å². The summed E-state index contributed by atoms with van der Waals surface area (Å²) >= 11 is 0. The predicted octanol–water partition coefficient (Wildman–Crippen LogP) is 1.59. The molecule has 0 aliphatic carbocycles. The first kappa shape index (κ1) is 15.3. The summed E-state index contributed by atoms with van der Waals surface area (Å²) in [5.74, 6) is 0.276. The average Bonchev–Trinajstić information content (AvgIpc) is 2.40. The summed E-state index contributed by atoms with van der Waals surface area (Å²) in [5, 5.41) is 8.88.